The van der Waals surface area contributed by atoms with Gasteiger partial charge in [0.2, 0.25) is 0 Å². The Morgan fingerprint density at radius 2 is 1.83 bits per heavy atom. The first kappa shape index (κ1) is 22.7. The Bertz CT molecular complexity index is 385. The number of aliphatic hydroxyl groups excluding tert-OH is 2. The molecule has 0 aromatic carbocycles. The lowest BCUT2D eigenvalue weighted by Gasteiger charge is -2.33. The second kappa shape index (κ2) is 12.1. The van der Waals surface area contributed by atoms with Gasteiger partial charge in [-0.2, -0.15) is 13.5 Å². The fourth-order valence-electron chi connectivity index (χ4n) is 1.89. The minimum atomic E-state index is -3.81. The van der Waals surface area contributed by atoms with Gasteiger partial charge in [-0.25, -0.2) is 0 Å². The molecule has 1 heterocycles. The van der Waals surface area contributed by atoms with Crippen LogP contribution in [0.4, 0.5) is 0 Å². The van der Waals surface area contributed by atoms with Gasteiger partial charge in [0.25, 0.3) is 10.1 Å². The third kappa shape index (κ3) is 12.7. The number of aliphatic hydroxyl groups is 2. The molecule has 1 saturated heterocycles. The average Bonchev–Trinajstić information content (AvgIpc) is 2.48. The van der Waals surface area contributed by atoms with E-state index in [1.165, 1.54) is 0 Å². The second-order valence-electron chi connectivity index (χ2n) is 5.42. The summed E-state index contributed by atoms with van der Waals surface area (Å²) in [6.45, 7) is 8.19. The van der Waals surface area contributed by atoms with Crippen molar-refractivity contribution in [2.75, 3.05) is 51.7 Å². The predicted molar refractivity (Wildman–Crippen MR) is 87.4 cm³/mol. The van der Waals surface area contributed by atoms with Crippen LogP contribution in [0.25, 0.3) is 0 Å². The summed E-state index contributed by atoms with van der Waals surface area (Å²) in [4.78, 5) is 7.54. The monoisotopic (exact) mass is 357 g/mol. The molecule has 10 heteroatoms. The van der Waals surface area contributed by atoms with Crippen molar-refractivity contribution in [3.05, 3.63) is 0 Å². The summed E-state index contributed by atoms with van der Waals surface area (Å²) < 4.78 is 29.6. The highest BCUT2D eigenvalue weighted by molar-refractivity contribution is 7.85. The molecule has 9 nitrogen and oxygen atoms in total. The average molecular weight is 357 g/mol. The van der Waals surface area contributed by atoms with E-state index in [0.717, 1.165) is 26.2 Å². The molecule has 0 amide bonds. The van der Waals surface area contributed by atoms with E-state index in [-0.39, 0.29) is 12.4 Å². The summed E-state index contributed by atoms with van der Waals surface area (Å²) in [5.74, 6) is -0.154. The van der Waals surface area contributed by atoms with Crippen LogP contribution in [-0.4, -0.2) is 97.0 Å². The number of nitrogens with zero attached hydrogens (tertiary/aromatic N) is 2. The highest BCUT2D eigenvalue weighted by atomic mass is 32.2. The number of rotatable bonds is 8. The molecule has 1 fully saturated rings. The van der Waals surface area contributed by atoms with Crippen molar-refractivity contribution in [2.24, 2.45) is 5.73 Å². The van der Waals surface area contributed by atoms with E-state index in [1.807, 2.05) is 12.0 Å². The third-order valence-electron chi connectivity index (χ3n) is 3.35. The van der Waals surface area contributed by atoms with Gasteiger partial charge in [-0.15, -0.1) is 0 Å². The zero-order valence-corrected chi connectivity index (χ0v) is 14.8. The lowest BCUT2D eigenvalue weighted by molar-refractivity contribution is -0.172. The van der Waals surface area contributed by atoms with Gasteiger partial charge >= 0.3 is 0 Å². The molecule has 1 rings (SSSR count). The Morgan fingerprint density at radius 1 is 1.26 bits per heavy atom. The predicted octanol–water partition coefficient (Wildman–Crippen LogP) is -1.48. The van der Waals surface area contributed by atoms with Crippen molar-refractivity contribution in [1.29, 1.82) is 0 Å². The smallest absolute Gasteiger partial charge is 0.264 e. The van der Waals surface area contributed by atoms with Gasteiger partial charge in [0.05, 0.1) is 31.1 Å². The lowest BCUT2D eigenvalue weighted by Crippen LogP contribution is -2.46. The lowest BCUT2D eigenvalue weighted by atomic mass is 10.2. The van der Waals surface area contributed by atoms with Crippen molar-refractivity contribution in [3.8, 4) is 0 Å². The SMILES string of the molecule is CC(O)C(N)CO.CCON1CCN(CCCS(=O)(=O)O)CC1. The number of hydroxylamine groups is 2. The van der Waals surface area contributed by atoms with E-state index < -0.39 is 22.3 Å². The van der Waals surface area contributed by atoms with Crippen molar-refractivity contribution in [1.82, 2.24) is 9.96 Å². The van der Waals surface area contributed by atoms with Gasteiger partial charge in [0.1, 0.15) is 0 Å². The summed E-state index contributed by atoms with van der Waals surface area (Å²) in [5, 5.41) is 18.7. The van der Waals surface area contributed by atoms with Crippen LogP contribution in [0, 0.1) is 0 Å². The van der Waals surface area contributed by atoms with E-state index in [0.29, 0.717) is 19.6 Å². The fraction of sp³-hybridized carbons (Fsp3) is 1.00. The van der Waals surface area contributed by atoms with E-state index in [9.17, 15) is 8.42 Å². The third-order valence-corrected chi connectivity index (χ3v) is 4.15. The molecule has 0 radical (unpaired) electrons. The molecule has 2 atom stereocenters. The first-order chi connectivity index (χ1) is 10.7. The molecular weight excluding hydrogens is 326 g/mol. The molecule has 0 saturated carbocycles. The van der Waals surface area contributed by atoms with Crippen LogP contribution < -0.4 is 5.73 Å². The van der Waals surface area contributed by atoms with Crippen LogP contribution in [-0.2, 0) is 15.0 Å². The second-order valence-corrected chi connectivity index (χ2v) is 6.99. The summed E-state index contributed by atoms with van der Waals surface area (Å²) in [7, 11) is -3.81. The van der Waals surface area contributed by atoms with Crippen LogP contribution in [0.1, 0.15) is 20.3 Å². The van der Waals surface area contributed by atoms with Crippen molar-refractivity contribution < 1.29 is 28.0 Å². The topological polar surface area (TPSA) is 137 Å². The Balaban J connectivity index is 0.000000585. The summed E-state index contributed by atoms with van der Waals surface area (Å²) in [6, 6.07) is -0.486. The molecule has 140 valence electrons. The zero-order valence-electron chi connectivity index (χ0n) is 14.0. The molecule has 0 bridgehead atoms. The molecule has 1 aliphatic rings. The molecular formula is C13H31N3O6S. The maximum absolute atomic E-state index is 10.5. The minimum Gasteiger partial charge on any atom is -0.395 e. The normalized spacial score (nSPS) is 19.7. The Kier molecular flexibility index (Phi) is 11.9. The van der Waals surface area contributed by atoms with Crippen molar-refractivity contribution in [2.45, 2.75) is 32.4 Å². The van der Waals surface area contributed by atoms with E-state index >= 15 is 0 Å². The van der Waals surface area contributed by atoms with E-state index in [2.05, 4.69) is 4.90 Å². The fourth-order valence-corrected chi connectivity index (χ4v) is 2.38. The Hall–Kier alpha value is -0.330. The molecule has 0 spiro atoms. The molecule has 0 aliphatic carbocycles. The number of hydrogen-bond donors (Lipinski definition) is 4. The molecule has 1 aliphatic heterocycles. The first-order valence-corrected chi connectivity index (χ1v) is 9.40. The molecule has 23 heavy (non-hydrogen) atoms. The highest BCUT2D eigenvalue weighted by Crippen LogP contribution is 2.03. The quantitative estimate of drug-likeness (QED) is 0.383. The maximum atomic E-state index is 10.5. The van der Waals surface area contributed by atoms with Gasteiger partial charge in [0.15, 0.2) is 0 Å². The molecule has 2 unspecified atom stereocenters. The van der Waals surface area contributed by atoms with E-state index in [1.54, 1.807) is 6.92 Å². The number of hydrogen-bond acceptors (Lipinski definition) is 8. The summed E-state index contributed by atoms with van der Waals surface area (Å²) >= 11 is 0. The zero-order chi connectivity index (χ0) is 17.9. The van der Waals surface area contributed by atoms with Gasteiger partial charge < -0.3 is 20.8 Å². The molecule has 5 N–H and O–H groups in total. The van der Waals surface area contributed by atoms with Crippen LogP contribution in [0.15, 0.2) is 0 Å². The number of piperazine rings is 1. The number of nitrogens with two attached hydrogens (primary N) is 1. The summed E-state index contributed by atoms with van der Waals surface area (Å²) in [6.07, 6.45) is -0.127. The first-order valence-electron chi connectivity index (χ1n) is 7.79. The minimum absolute atomic E-state index is 0.154. The summed E-state index contributed by atoms with van der Waals surface area (Å²) in [5.41, 5.74) is 5.12. The van der Waals surface area contributed by atoms with Gasteiger partial charge in [-0.3, -0.25) is 9.39 Å². The standard InChI is InChI=1S/C9H20N2O4S.C4H11NO2/c1-2-15-11-7-5-10(6-8-11)4-3-9-16(12,13)14;1-3(7)4(5)2-6/h2-9H2,1H3,(H,12,13,14);3-4,6-7H,2,5H2,1H3. The Morgan fingerprint density at radius 3 is 2.17 bits per heavy atom. The van der Waals surface area contributed by atoms with Gasteiger partial charge in [0, 0.05) is 26.2 Å². The maximum Gasteiger partial charge on any atom is 0.264 e. The van der Waals surface area contributed by atoms with Crippen molar-refractivity contribution in [3.63, 3.8) is 0 Å². The van der Waals surface area contributed by atoms with Crippen LogP contribution >= 0.6 is 0 Å². The molecule has 0 aromatic rings. The largest absolute Gasteiger partial charge is 0.395 e. The van der Waals surface area contributed by atoms with Crippen LogP contribution in [0.3, 0.4) is 0 Å². The van der Waals surface area contributed by atoms with E-state index in [4.69, 9.17) is 25.3 Å². The van der Waals surface area contributed by atoms with Gasteiger partial charge in [-0.1, -0.05) is 0 Å². The highest BCUT2D eigenvalue weighted by Gasteiger charge is 2.17. The van der Waals surface area contributed by atoms with Crippen molar-refractivity contribution >= 4 is 10.1 Å². The molecule has 0 aromatic heterocycles. The van der Waals surface area contributed by atoms with Gasteiger partial charge in [-0.05, 0) is 26.8 Å². The van der Waals surface area contributed by atoms with Crippen LogP contribution in [0.2, 0.25) is 0 Å². The van der Waals surface area contributed by atoms with Crippen LogP contribution in [0.5, 0.6) is 0 Å². The Labute approximate surface area is 138 Å².